The number of rotatable bonds is 6. The van der Waals surface area contributed by atoms with Crippen molar-refractivity contribution in [3.63, 3.8) is 0 Å². The van der Waals surface area contributed by atoms with Gasteiger partial charge in [0, 0.05) is 12.6 Å². The summed E-state index contributed by atoms with van der Waals surface area (Å²) < 4.78 is 31.6. The maximum Gasteiger partial charge on any atom is 0.371 e. The smallest absolute Gasteiger partial charge is 0.371 e. The Hall–Kier alpha value is -1.34. The van der Waals surface area contributed by atoms with Gasteiger partial charge in [0.05, 0.1) is 0 Å². The lowest BCUT2D eigenvalue weighted by Gasteiger charge is -2.22. The Morgan fingerprint density at radius 1 is 1.47 bits per heavy atom. The number of carbonyl (C=O) groups is 1. The molecule has 0 saturated heterocycles. The largest absolute Gasteiger partial charge is 0.475 e. The van der Waals surface area contributed by atoms with Crippen LogP contribution in [0.5, 0.6) is 0 Å². The lowest BCUT2D eigenvalue weighted by molar-refractivity contribution is 0.0661. The second-order valence-corrected chi connectivity index (χ2v) is 6.91. The van der Waals surface area contributed by atoms with Crippen LogP contribution in [0.15, 0.2) is 15.4 Å². The fourth-order valence-electron chi connectivity index (χ4n) is 1.33. The van der Waals surface area contributed by atoms with Gasteiger partial charge in [0.1, 0.15) is 10.7 Å². The van der Waals surface area contributed by atoms with Crippen LogP contribution in [-0.4, -0.2) is 26.0 Å². The van der Waals surface area contributed by atoms with E-state index in [9.17, 15) is 13.2 Å². The first-order valence-electron chi connectivity index (χ1n) is 5.92. The molecule has 0 fully saturated rings. The van der Waals surface area contributed by atoms with Crippen LogP contribution in [0.2, 0.25) is 0 Å². The van der Waals surface area contributed by atoms with Crippen molar-refractivity contribution in [1.82, 2.24) is 4.72 Å². The third-order valence-electron chi connectivity index (χ3n) is 3.07. The highest BCUT2D eigenvalue weighted by Gasteiger charge is 2.26. The maximum absolute atomic E-state index is 12.1. The highest BCUT2D eigenvalue weighted by molar-refractivity contribution is 7.89. The third kappa shape index (κ3) is 3.81. The summed E-state index contributed by atoms with van der Waals surface area (Å²) in [5, 5.41) is 8.78. The lowest BCUT2D eigenvalue weighted by Crippen LogP contribution is -2.33. The molecule has 0 amide bonds. The molecule has 0 spiro atoms. The summed E-state index contributed by atoms with van der Waals surface area (Å²) in [6.07, 6.45) is 0.820. The van der Waals surface area contributed by atoms with Gasteiger partial charge in [0.25, 0.3) is 0 Å². The van der Waals surface area contributed by atoms with Crippen LogP contribution in [0.3, 0.4) is 0 Å². The fraction of sp³-hybridized carbons (Fsp3) is 0.583. The molecule has 0 bridgehead atoms. The van der Waals surface area contributed by atoms with E-state index in [1.54, 1.807) is 0 Å². The third-order valence-corrected chi connectivity index (χ3v) is 4.58. The van der Waals surface area contributed by atoms with Gasteiger partial charge in [-0.15, -0.1) is 0 Å². The van der Waals surface area contributed by atoms with Gasteiger partial charge in [0.2, 0.25) is 15.8 Å². The lowest BCUT2D eigenvalue weighted by atomic mass is 9.91. The molecule has 1 rings (SSSR count). The van der Waals surface area contributed by atoms with Crippen LogP contribution in [0, 0.1) is 12.3 Å². The molecule has 108 valence electrons. The number of hydrogen-bond acceptors (Lipinski definition) is 4. The van der Waals surface area contributed by atoms with Crippen LogP contribution >= 0.6 is 0 Å². The first-order chi connectivity index (χ1) is 8.59. The summed E-state index contributed by atoms with van der Waals surface area (Å²) in [6.45, 7) is 7.56. The second-order valence-electron chi connectivity index (χ2n) is 5.18. The predicted molar refractivity (Wildman–Crippen MR) is 69.7 cm³/mol. The summed E-state index contributed by atoms with van der Waals surface area (Å²) in [7, 11) is -3.75. The summed E-state index contributed by atoms with van der Waals surface area (Å²) >= 11 is 0. The maximum atomic E-state index is 12.1. The van der Waals surface area contributed by atoms with E-state index in [-0.39, 0.29) is 28.4 Å². The van der Waals surface area contributed by atoms with Crippen molar-refractivity contribution < 1.29 is 22.7 Å². The molecule has 0 atom stereocenters. The molecule has 1 aromatic heterocycles. The molecule has 0 aliphatic carbocycles. The van der Waals surface area contributed by atoms with Crippen molar-refractivity contribution in [3.8, 4) is 0 Å². The van der Waals surface area contributed by atoms with Gasteiger partial charge in [-0.25, -0.2) is 17.9 Å². The molecule has 0 aliphatic heterocycles. The molecule has 1 aromatic rings. The number of sulfonamides is 1. The van der Waals surface area contributed by atoms with Crippen molar-refractivity contribution in [2.75, 3.05) is 6.54 Å². The number of furan rings is 1. The Bertz CT molecular complexity index is 571. The average Bonchev–Trinajstić information content (AvgIpc) is 2.70. The standard InChI is InChI=1S/C12H19NO5S/c1-5-12(3,4)7-13-19(16,17)10-6-9(11(14)15)18-8(10)2/h6,13H,5,7H2,1-4H3,(H,14,15). The van der Waals surface area contributed by atoms with Crippen molar-refractivity contribution in [2.45, 2.75) is 39.0 Å². The molecule has 0 unspecified atom stereocenters. The van der Waals surface area contributed by atoms with E-state index in [4.69, 9.17) is 9.52 Å². The summed E-state index contributed by atoms with van der Waals surface area (Å²) in [4.78, 5) is 10.6. The minimum atomic E-state index is -3.75. The van der Waals surface area contributed by atoms with E-state index < -0.39 is 16.0 Å². The Kier molecular flexibility index (Phi) is 4.42. The van der Waals surface area contributed by atoms with E-state index >= 15 is 0 Å². The van der Waals surface area contributed by atoms with E-state index in [0.29, 0.717) is 0 Å². The number of carboxylic acids is 1. The molecule has 6 nitrogen and oxygen atoms in total. The highest BCUT2D eigenvalue weighted by atomic mass is 32.2. The summed E-state index contributed by atoms with van der Waals surface area (Å²) in [5.74, 6) is -1.61. The van der Waals surface area contributed by atoms with Crippen LogP contribution in [-0.2, 0) is 10.0 Å². The van der Waals surface area contributed by atoms with Crippen LogP contribution in [0.4, 0.5) is 0 Å². The Morgan fingerprint density at radius 3 is 2.47 bits per heavy atom. The van der Waals surface area contributed by atoms with Gasteiger partial charge in [-0.1, -0.05) is 20.8 Å². The number of nitrogens with one attached hydrogen (secondary N) is 1. The van der Waals surface area contributed by atoms with E-state index in [1.165, 1.54) is 6.92 Å². The van der Waals surface area contributed by atoms with Crippen LogP contribution in [0.1, 0.15) is 43.5 Å². The molecule has 2 N–H and O–H groups in total. The Morgan fingerprint density at radius 2 is 2.05 bits per heavy atom. The SMILES string of the molecule is CCC(C)(C)CNS(=O)(=O)c1cc(C(=O)O)oc1C. The van der Waals surface area contributed by atoms with Crippen molar-refractivity contribution in [3.05, 3.63) is 17.6 Å². The van der Waals surface area contributed by atoms with Gasteiger partial charge in [-0.3, -0.25) is 0 Å². The Labute approximate surface area is 112 Å². The first kappa shape index (κ1) is 15.7. The minimum Gasteiger partial charge on any atom is -0.475 e. The van der Waals surface area contributed by atoms with Gasteiger partial charge in [0.15, 0.2) is 0 Å². The van der Waals surface area contributed by atoms with Crippen LogP contribution < -0.4 is 4.72 Å². The molecular formula is C12H19NO5S. The van der Waals surface area contributed by atoms with E-state index in [1.807, 2.05) is 20.8 Å². The monoisotopic (exact) mass is 289 g/mol. The number of carboxylic acid groups (broad SMARTS) is 1. The molecule has 0 aliphatic rings. The van der Waals surface area contributed by atoms with Gasteiger partial charge in [-0.2, -0.15) is 0 Å². The van der Waals surface area contributed by atoms with Gasteiger partial charge >= 0.3 is 5.97 Å². The normalized spacial score (nSPS) is 12.6. The second kappa shape index (κ2) is 5.34. The first-order valence-corrected chi connectivity index (χ1v) is 7.41. The molecule has 7 heteroatoms. The zero-order valence-corrected chi connectivity index (χ0v) is 12.3. The molecule has 19 heavy (non-hydrogen) atoms. The van der Waals surface area contributed by atoms with Gasteiger partial charge < -0.3 is 9.52 Å². The molecule has 0 aromatic carbocycles. The van der Waals surface area contributed by atoms with Crippen molar-refractivity contribution in [1.29, 1.82) is 0 Å². The molecule has 0 radical (unpaired) electrons. The topological polar surface area (TPSA) is 96.6 Å². The highest BCUT2D eigenvalue weighted by Crippen LogP contribution is 2.22. The average molecular weight is 289 g/mol. The van der Waals surface area contributed by atoms with Gasteiger partial charge in [-0.05, 0) is 18.8 Å². The zero-order valence-electron chi connectivity index (χ0n) is 11.5. The Balaban J connectivity index is 2.98. The fourth-order valence-corrected chi connectivity index (χ4v) is 2.75. The predicted octanol–water partition coefficient (Wildman–Crippen LogP) is 2.00. The molecular weight excluding hydrogens is 270 g/mol. The molecule has 1 heterocycles. The number of hydrogen-bond donors (Lipinski definition) is 2. The van der Waals surface area contributed by atoms with Crippen molar-refractivity contribution in [2.24, 2.45) is 5.41 Å². The number of aromatic carboxylic acids is 1. The van der Waals surface area contributed by atoms with E-state index in [2.05, 4.69) is 4.72 Å². The zero-order chi connectivity index (χ0) is 14.8. The quantitative estimate of drug-likeness (QED) is 0.835. The molecule has 0 saturated carbocycles. The van der Waals surface area contributed by atoms with Crippen LogP contribution in [0.25, 0.3) is 0 Å². The number of aryl methyl sites for hydroxylation is 1. The minimum absolute atomic E-state index is 0.0687. The summed E-state index contributed by atoms with van der Waals surface area (Å²) in [6, 6.07) is 1.03. The van der Waals surface area contributed by atoms with Crippen molar-refractivity contribution >= 4 is 16.0 Å². The van der Waals surface area contributed by atoms with E-state index in [0.717, 1.165) is 12.5 Å². The summed E-state index contributed by atoms with van der Waals surface area (Å²) in [5.41, 5.74) is -0.166.